The van der Waals surface area contributed by atoms with E-state index in [-0.39, 0.29) is 5.82 Å². The Morgan fingerprint density at radius 3 is 2.62 bits per heavy atom. The van der Waals surface area contributed by atoms with Gasteiger partial charge >= 0.3 is 0 Å². The molecule has 1 aromatic heterocycles. The highest BCUT2D eigenvalue weighted by Gasteiger charge is 2.30. The lowest BCUT2D eigenvalue weighted by molar-refractivity contribution is 0.0410. The first kappa shape index (κ1) is 16.6. The van der Waals surface area contributed by atoms with Gasteiger partial charge < -0.3 is 14.7 Å². The van der Waals surface area contributed by atoms with Crippen LogP contribution in [0, 0.1) is 5.82 Å². The molecule has 1 N–H and O–H groups in total. The van der Waals surface area contributed by atoms with Crippen molar-refractivity contribution in [2.75, 3.05) is 18.5 Å². The summed E-state index contributed by atoms with van der Waals surface area (Å²) < 4.78 is 18.5. The molecule has 3 rings (SSSR count). The molecule has 0 bridgehead atoms. The molecule has 2 aromatic rings. The Bertz CT molecular complexity index is 672. The summed E-state index contributed by atoms with van der Waals surface area (Å²) in [4.78, 5) is 10.5. The molecule has 1 aliphatic carbocycles. The van der Waals surface area contributed by atoms with E-state index in [0.29, 0.717) is 30.4 Å². The van der Waals surface area contributed by atoms with Crippen molar-refractivity contribution in [2.24, 2.45) is 0 Å². The molecule has 1 heterocycles. The minimum Gasteiger partial charge on any atom is -0.437 e. The van der Waals surface area contributed by atoms with Gasteiger partial charge in [-0.2, -0.15) is 4.98 Å². The van der Waals surface area contributed by atoms with E-state index < -0.39 is 5.60 Å². The standard InChI is InChI=1S/C18H22FN3O2/c1-22(11-10-18(23)8-2-3-9-18)16-12-20-13-17(21-16)24-15-6-4-14(19)5-7-15/h4-7,12-13,23H,2-3,8-11H2,1H3. The van der Waals surface area contributed by atoms with Crippen LogP contribution in [0.2, 0.25) is 0 Å². The Morgan fingerprint density at radius 1 is 1.21 bits per heavy atom. The van der Waals surface area contributed by atoms with Gasteiger partial charge in [0.1, 0.15) is 11.6 Å². The summed E-state index contributed by atoms with van der Waals surface area (Å²) in [6, 6.07) is 5.76. The van der Waals surface area contributed by atoms with E-state index in [4.69, 9.17) is 4.74 Å². The van der Waals surface area contributed by atoms with Gasteiger partial charge in [-0.05, 0) is 43.5 Å². The van der Waals surface area contributed by atoms with Crippen LogP contribution >= 0.6 is 0 Å². The van der Waals surface area contributed by atoms with Gasteiger partial charge in [0.05, 0.1) is 18.0 Å². The first-order chi connectivity index (χ1) is 11.5. The number of halogens is 1. The fourth-order valence-corrected chi connectivity index (χ4v) is 2.97. The summed E-state index contributed by atoms with van der Waals surface area (Å²) in [6.07, 6.45) is 7.85. The first-order valence-electron chi connectivity index (χ1n) is 8.23. The molecule has 5 nitrogen and oxygen atoms in total. The van der Waals surface area contributed by atoms with Gasteiger partial charge in [-0.3, -0.25) is 4.98 Å². The van der Waals surface area contributed by atoms with E-state index in [9.17, 15) is 9.50 Å². The molecule has 0 aliphatic heterocycles. The second kappa shape index (κ2) is 7.13. The van der Waals surface area contributed by atoms with Crippen molar-refractivity contribution in [3.8, 4) is 11.6 Å². The van der Waals surface area contributed by atoms with E-state index in [1.54, 1.807) is 18.3 Å². The van der Waals surface area contributed by atoms with Crippen LogP contribution in [0.15, 0.2) is 36.7 Å². The SMILES string of the molecule is CN(CCC1(O)CCCC1)c1cncc(Oc2ccc(F)cc2)n1. The normalized spacial score (nSPS) is 16.1. The molecule has 0 saturated heterocycles. The summed E-state index contributed by atoms with van der Waals surface area (Å²) in [7, 11) is 1.92. The number of nitrogens with zero attached hydrogens (tertiary/aromatic N) is 3. The third-order valence-electron chi connectivity index (χ3n) is 4.47. The van der Waals surface area contributed by atoms with Gasteiger partial charge in [-0.15, -0.1) is 0 Å². The zero-order chi connectivity index (χ0) is 17.0. The number of hydrogen-bond acceptors (Lipinski definition) is 5. The molecule has 1 fully saturated rings. The average molecular weight is 331 g/mol. The monoisotopic (exact) mass is 331 g/mol. The summed E-state index contributed by atoms with van der Waals surface area (Å²) in [5, 5.41) is 10.4. The molecule has 6 heteroatoms. The number of ether oxygens (including phenoxy) is 1. The Morgan fingerprint density at radius 2 is 1.92 bits per heavy atom. The highest BCUT2D eigenvalue weighted by Crippen LogP contribution is 2.32. The van der Waals surface area contributed by atoms with Crippen LogP contribution in [0.1, 0.15) is 32.1 Å². The molecular formula is C18H22FN3O2. The molecule has 0 amide bonds. The van der Waals surface area contributed by atoms with Crippen LogP contribution in [0.25, 0.3) is 0 Å². The minimum absolute atomic E-state index is 0.313. The summed E-state index contributed by atoms with van der Waals surface area (Å²) in [5.41, 5.74) is -0.538. The number of benzene rings is 1. The summed E-state index contributed by atoms with van der Waals surface area (Å²) >= 11 is 0. The van der Waals surface area contributed by atoms with Crippen LogP contribution in [-0.2, 0) is 0 Å². The van der Waals surface area contributed by atoms with Crippen LogP contribution in [0.3, 0.4) is 0 Å². The molecule has 24 heavy (non-hydrogen) atoms. The summed E-state index contributed by atoms with van der Waals surface area (Å²) in [6.45, 7) is 0.700. The third kappa shape index (κ3) is 4.20. The average Bonchev–Trinajstić information content (AvgIpc) is 3.02. The fraction of sp³-hybridized carbons (Fsp3) is 0.444. The molecule has 128 valence electrons. The maximum Gasteiger partial charge on any atom is 0.239 e. The van der Waals surface area contributed by atoms with Crippen LogP contribution in [0.4, 0.5) is 10.2 Å². The Labute approximate surface area is 141 Å². The van der Waals surface area contributed by atoms with Gasteiger partial charge in [0.2, 0.25) is 5.88 Å². The quantitative estimate of drug-likeness (QED) is 0.877. The summed E-state index contributed by atoms with van der Waals surface area (Å²) in [5.74, 6) is 1.22. The first-order valence-corrected chi connectivity index (χ1v) is 8.23. The number of aliphatic hydroxyl groups is 1. The number of anilines is 1. The van der Waals surface area contributed by atoms with E-state index in [1.165, 1.54) is 18.3 Å². The van der Waals surface area contributed by atoms with E-state index in [0.717, 1.165) is 25.7 Å². The zero-order valence-corrected chi connectivity index (χ0v) is 13.8. The largest absolute Gasteiger partial charge is 0.437 e. The lowest BCUT2D eigenvalue weighted by Gasteiger charge is -2.26. The van der Waals surface area contributed by atoms with Gasteiger partial charge in [0.15, 0.2) is 5.82 Å². The third-order valence-corrected chi connectivity index (χ3v) is 4.47. The second-order valence-corrected chi connectivity index (χ2v) is 6.37. The minimum atomic E-state index is -0.538. The number of rotatable bonds is 6. The molecule has 1 aliphatic rings. The fourth-order valence-electron chi connectivity index (χ4n) is 2.97. The van der Waals surface area contributed by atoms with Crippen molar-refractivity contribution in [1.82, 2.24) is 9.97 Å². The van der Waals surface area contributed by atoms with E-state index >= 15 is 0 Å². The predicted octanol–water partition coefficient (Wildman–Crippen LogP) is 3.54. The molecule has 1 aromatic carbocycles. The van der Waals surface area contributed by atoms with Gasteiger partial charge in [0, 0.05) is 13.6 Å². The lowest BCUT2D eigenvalue weighted by Crippen LogP contribution is -2.31. The molecule has 1 saturated carbocycles. The van der Waals surface area contributed by atoms with Crippen molar-refractivity contribution >= 4 is 5.82 Å². The van der Waals surface area contributed by atoms with Crippen LogP contribution < -0.4 is 9.64 Å². The molecular weight excluding hydrogens is 309 g/mol. The molecule has 0 radical (unpaired) electrons. The lowest BCUT2D eigenvalue weighted by atomic mass is 9.98. The van der Waals surface area contributed by atoms with E-state index in [1.807, 2.05) is 11.9 Å². The van der Waals surface area contributed by atoms with Crippen LogP contribution in [0.5, 0.6) is 11.6 Å². The maximum atomic E-state index is 12.9. The number of hydrogen-bond donors (Lipinski definition) is 1. The zero-order valence-electron chi connectivity index (χ0n) is 13.8. The molecule has 0 unspecified atom stereocenters. The highest BCUT2D eigenvalue weighted by atomic mass is 19.1. The Hall–Kier alpha value is -2.21. The number of aromatic nitrogens is 2. The molecule has 0 spiro atoms. The van der Waals surface area contributed by atoms with Crippen molar-refractivity contribution in [1.29, 1.82) is 0 Å². The van der Waals surface area contributed by atoms with E-state index in [2.05, 4.69) is 9.97 Å². The van der Waals surface area contributed by atoms with Crippen molar-refractivity contribution in [3.05, 3.63) is 42.5 Å². The van der Waals surface area contributed by atoms with Gasteiger partial charge in [-0.1, -0.05) is 12.8 Å². The second-order valence-electron chi connectivity index (χ2n) is 6.37. The van der Waals surface area contributed by atoms with Gasteiger partial charge in [-0.25, -0.2) is 4.39 Å². The maximum absolute atomic E-state index is 12.9. The Kier molecular flexibility index (Phi) is 4.94. The van der Waals surface area contributed by atoms with Gasteiger partial charge in [0.25, 0.3) is 0 Å². The topological polar surface area (TPSA) is 58.5 Å². The van der Waals surface area contributed by atoms with Crippen molar-refractivity contribution in [2.45, 2.75) is 37.7 Å². The highest BCUT2D eigenvalue weighted by molar-refractivity contribution is 5.37. The molecule has 0 atom stereocenters. The van der Waals surface area contributed by atoms with Crippen molar-refractivity contribution in [3.63, 3.8) is 0 Å². The van der Waals surface area contributed by atoms with Crippen LogP contribution in [-0.4, -0.2) is 34.3 Å². The van der Waals surface area contributed by atoms with Crippen molar-refractivity contribution < 1.29 is 14.2 Å². The smallest absolute Gasteiger partial charge is 0.239 e. The Balaban J connectivity index is 1.62. The predicted molar refractivity (Wildman–Crippen MR) is 89.8 cm³/mol.